The summed E-state index contributed by atoms with van der Waals surface area (Å²) in [6.07, 6.45) is -4.60. The molecule has 0 heterocycles. The van der Waals surface area contributed by atoms with Gasteiger partial charge in [0.2, 0.25) is 0 Å². The Balaban J connectivity index is 2.90. The predicted octanol–water partition coefficient (Wildman–Crippen LogP) is 2.59. The van der Waals surface area contributed by atoms with E-state index in [0.29, 0.717) is 0 Å². The van der Waals surface area contributed by atoms with Crippen LogP contribution in [0, 0.1) is 5.82 Å². The lowest BCUT2D eigenvalue weighted by atomic mass is 10.1. The second kappa shape index (κ2) is 4.91. The number of aromatic hydroxyl groups is 1. The number of rotatable bonds is 2. The molecule has 3 nitrogen and oxygen atoms in total. The molecule has 0 aliphatic carbocycles. The van der Waals surface area contributed by atoms with E-state index in [1.807, 2.05) is 0 Å². The lowest BCUT2D eigenvalue weighted by Gasteiger charge is -2.10. The maximum absolute atomic E-state index is 13.2. The smallest absolute Gasteiger partial charge is 0.405 e. The van der Waals surface area contributed by atoms with Gasteiger partial charge in [0.1, 0.15) is 23.7 Å². The van der Waals surface area contributed by atoms with E-state index >= 15 is 0 Å². The standard InChI is InChI=1S/C9H6BrF4NO2/c10-4-1-5(11)7(6(16)2-4)8(17)15-3-9(12,13)14/h1-2,16H,3H2,(H,15,17). The summed E-state index contributed by atoms with van der Waals surface area (Å²) in [4.78, 5) is 11.2. The number of hydrogen-bond acceptors (Lipinski definition) is 2. The average Bonchev–Trinajstić information content (AvgIpc) is 2.11. The predicted molar refractivity (Wildman–Crippen MR) is 54.2 cm³/mol. The van der Waals surface area contributed by atoms with Crippen molar-refractivity contribution in [1.29, 1.82) is 0 Å². The third-order valence-corrected chi connectivity index (χ3v) is 2.17. The van der Waals surface area contributed by atoms with Gasteiger partial charge in [-0.2, -0.15) is 13.2 Å². The molecule has 2 N–H and O–H groups in total. The first-order chi connectivity index (χ1) is 7.70. The Labute approximate surface area is 102 Å². The zero-order valence-corrected chi connectivity index (χ0v) is 9.69. The Hall–Kier alpha value is -1.31. The van der Waals surface area contributed by atoms with Gasteiger partial charge in [-0.05, 0) is 12.1 Å². The molecule has 0 unspecified atom stereocenters. The maximum Gasteiger partial charge on any atom is 0.405 e. The first-order valence-electron chi connectivity index (χ1n) is 4.23. The Morgan fingerprint density at radius 2 is 2.00 bits per heavy atom. The highest BCUT2D eigenvalue weighted by molar-refractivity contribution is 9.10. The molecule has 1 aromatic carbocycles. The molecule has 0 saturated heterocycles. The van der Waals surface area contributed by atoms with Crippen LogP contribution in [-0.4, -0.2) is 23.7 Å². The lowest BCUT2D eigenvalue weighted by molar-refractivity contribution is -0.123. The van der Waals surface area contributed by atoms with Crippen LogP contribution in [0.5, 0.6) is 5.75 Å². The number of hydrogen-bond donors (Lipinski definition) is 2. The summed E-state index contributed by atoms with van der Waals surface area (Å²) >= 11 is 2.86. The molecule has 17 heavy (non-hydrogen) atoms. The Bertz CT molecular complexity index is 424. The van der Waals surface area contributed by atoms with Crippen LogP contribution in [0.25, 0.3) is 0 Å². The molecule has 1 rings (SSSR count). The Kier molecular flexibility index (Phi) is 3.97. The van der Waals surface area contributed by atoms with Crippen molar-refractivity contribution in [1.82, 2.24) is 5.32 Å². The molecule has 0 radical (unpaired) electrons. The second-order valence-corrected chi connectivity index (χ2v) is 4.00. The van der Waals surface area contributed by atoms with Gasteiger partial charge < -0.3 is 10.4 Å². The van der Waals surface area contributed by atoms with Crippen LogP contribution in [0.4, 0.5) is 17.6 Å². The molecule has 0 aliphatic heterocycles. The molecule has 1 aromatic rings. The molecule has 0 aliphatic rings. The van der Waals surface area contributed by atoms with E-state index in [4.69, 9.17) is 0 Å². The van der Waals surface area contributed by atoms with Crippen LogP contribution in [0.15, 0.2) is 16.6 Å². The minimum absolute atomic E-state index is 0.167. The van der Waals surface area contributed by atoms with Gasteiger partial charge in [-0.15, -0.1) is 0 Å². The van der Waals surface area contributed by atoms with Crippen LogP contribution in [0.3, 0.4) is 0 Å². The number of amides is 1. The number of alkyl halides is 3. The van der Waals surface area contributed by atoms with E-state index in [1.54, 1.807) is 0 Å². The highest BCUT2D eigenvalue weighted by Gasteiger charge is 2.29. The number of nitrogens with one attached hydrogen (secondary N) is 1. The fraction of sp³-hybridized carbons (Fsp3) is 0.222. The van der Waals surface area contributed by atoms with Gasteiger partial charge in [0.05, 0.1) is 0 Å². The van der Waals surface area contributed by atoms with Crippen molar-refractivity contribution in [2.45, 2.75) is 6.18 Å². The van der Waals surface area contributed by atoms with Gasteiger partial charge in [0.25, 0.3) is 5.91 Å². The minimum atomic E-state index is -4.60. The first-order valence-corrected chi connectivity index (χ1v) is 5.03. The highest BCUT2D eigenvalue weighted by atomic mass is 79.9. The van der Waals surface area contributed by atoms with Crippen molar-refractivity contribution >= 4 is 21.8 Å². The molecule has 0 spiro atoms. The summed E-state index contributed by atoms with van der Waals surface area (Å²) in [5, 5.41) is 10.7. The van der Waals surface area contributed by atoms with Crippen LogP contribution >= 0.6 is 15.9 Å². The van der Waals surface area contributed by atoms with Crippen LogP contribution in [-0.2, 0) is 0 Å². The normalized spacial score (nSPS) is 11.4. The molecule has 0 aromatic heterocycles. The van der Waals surface area contributed by atoms with E-state index in [2.05, 4.69) is 15.9 Å². The number of carbonyl (C=O) groups is 1. The number of benzene rings is 1. The SMILES string of the molecule is O=C(NCC(F)(F)F)c1c(O)cc(Br)cc1F. The summed E-state index contributed by atoms with van der Waals surface area (Å²) < 4.78 is 48.9. The maximum atomic E-state index is 13.2. The minimum Gasteiger partial charge on any atom is -0.507 e. The number of phenols is 1. The summed E-state index contributed by atoms with van der Waals surface area (Å²) in [5.41, 5.74) is -0.822. The van der Waals surface area contributed by atoms with Gasteiger partial charge in [0.15, 0.2) is 0 Å². The number of halogens is 5. The van der Waals surface area contributed by atoms with E-state index < -0.39 is 35.8 Å². The summed E-state index contributed by atoms with van der Waals surface area (Å²) in [7, 11) is 0. The van der Waals surface area contributed by atoms with Crippen LogP contribution in [0.1, 0.15) is 10.4 Å². The van der Waals surface area contributed by atoms with Crippen molar-refractivity contribution in [2.24, 2.45) is 0 Å². The molecule has 8 heteroatoms. The van der Waals surface area contributed by atoms with E-state index in [9.17, 15) is 27.5 Å². The topological polar surface area (TPSA) is 49.3 Å². The summed E-state index contributed by atoms with van der Waals surface area (Å²) in [5.74, 6) is -3.18. The largest absolute Gasteiger partial charge is 0.507 e. The van der Waals surface area contributed by atoms with E-state index in [0.717, 1.165) is 12.1 Å². The van der Waals surface area contributed by atoms with Crippen LogP contribution < -0.4 is 5.32 Å². The van der Waals surface area contributed by atoms with Crippen molar-refractivity contribution in [2.75, 3.05) is 6.54 Å². The molecule has 0 saturated carbocycles. The van der Waals surface area contributed by atoms with Crippen molar-refractivity contribution < 1.29 is 27.5 Å². The van der Waals surface area contributed by atoms with E-state index in [-0.39, 0.29) is 4.47 Å². The third-order valence-electron chi connectivity index (χ3n) is 1.71. The quantitative estimate of drug-likeness (QED) is 0.824. The molecular weight excluding hydrogens is 310 g/mol. The highest BCUT2D eigenvalue weighted by Crippen LogP contribution is 2.25. The summed E-state index contributed by atoms with van der Waals surface area (Å²) in [6, 6.07) is 1.87. The molecule has 0 bridgehead atoms. The first kappa shape index (κ1) is 13.8. The Morgan fingerprint density at radius 3 is 2.47 bits per heavy atom. The number of carbonyl (C=O) groups excluding carboxylic acids is 1. The van der Waals surface area contributed by atoms with Crippen molar-refractivity contribution in [3.05, 3.63) is 28.0 Å². The molecular formula is C9H6BrF4NO2. The fourth-order valence-electron chi connectivity index (χ4n) is 1.05. The van der Waals surface area contributed by atoms with Crippen molar-refractivity contribution in [3.8, 4) is 5.75 Å². The lowest BCUT2D eigenvalue weighted by Crippen LogP contribution is -2.34. The Morgan fingerprint density at radius 1 is 1.41 bits per heavy atom. The van der Waals surface area contributed by atoms with Crippen LogP contribution in [0.2, 0.25) is 0 Å². The monoisotopic (exact) mass is 315 g/mol. The molecule has 0 atom stereocenters. The van der Waals surface area contributed by atoms with Gasteiger partial charge in [-0.1, -0.05) is 15.9 Å². The van der Waals surface area contributed by atoms with Gasteiger partial charge >= 0.3 is 6.18 Å². The fourth-order valence-corrected chi connectivity index (χ4v) is 1.47. The average molecular weight is 316 g/mol. The zero-order valence-electron chi connectivity index (χ0n) is 8.11. The molecule has 0 fully saturated rings. The number of phenolic OH excluding ortho intramolecular Hbond substituents is 1. The van der Waals surface area contributed by atoms with Gasteiger partial charge in [-0.3, -0.25) is 4.79 Å². The van der Waals surface area contributed by atoms with Crippen molar-refractivity contribution in [3.63, 3.8) is 0 Å². The second-order valence-electron chi connectivity index (χ2n) is 3.08. The zero-order chi connectivity index (χ0) is 13.2. The molecule has 1 amide bonds. The third kappa shape index (κ3) is 3.88. The summed E-state index contributed by atoms with van der Waals surface area (Å²) in [6.45, 7) is -1.60. The van der Waals surface area contributed by atoms with Gasteiger partial charge in [0, 0.05) is 4.47 Å². The van der Waals surface area contributed by atoms with E-state index in [1.165, 1.54) is 5.32 Å². The molecule has 94 valence electrons. The van der Waals surface area contributed by atoms with Gasteiger partial charge in [-0.25, -0.2) is 4.39 Å².